The van der Waals surface area contributed by atoms with Gasteiger partial charge in [0.2, 0.25) is 11.7 Å². The standard InChI is InChI=1S/C18H18N4O2S/c1-3-15-21-16(22-24-15)12-4-6-13-11(8-12)5-7-14(13)20-17(23)18-19-9-10(2)25-18/h4,6,8-9,14H,3,5,7H2,1-2H3,(H,20,23)/t14-/m1/s1. The minimum absolute atomic E-state index is 0.0252. The topological polar surface area (TPSA) is 80.9 Å². The number of hydrogen-bond acceptors (Lipinski definition) is 6. The number of carbonyl (C=O) groups excluding carboxylic acids is 1. The predicted octanol–water partition coefficient (Wildman–Crippen LogP) is 3.48. The molecule has 6 nitrogen and oxygen atoms in total. The number of hydrogen-bond donors (Lipinski definition) is 1. The molecule has 0 saturated carbocycles. The molecular weight excluding hydrogens is 336 g/mol. The molecule has 0 radical (unpaired) electrons. The van der Waals surface area contributed by atoms with Gasteiger partial charge in [0, 0.05) is 23.1 Å². The van der Waals surface area contributed by atoms with Gasteiger partial charge >= 0.3 is 0 Å². The number of benzene rings is 1. The molecule has 7 heteroatoms. The molecule has 4 rings (SSSR count). The van der Waals surface area contributed by atoms with Crippen LogP contribution >= 0.6 is 11.3 Å². The first kappa shape index (κ1) is 16.0. The van der Waals surface area contributed by atoms with Crippen molar-refractivity contribution in [1.82, 2.24) is 20.4 Å². The van der Waals surface area contributed by atoms with Crippen molar-refractivity contribution < 1.29 is 9.32 Å². The number of rotatable bonds is 4. The number of nitrogens with zero attached hydrogens (tertiary/aromatic N) is 3. The molecule has 1 aliphatic carbocycles. The lowest BCUT2D eigenvalue weighted by Crippen LogP contribution is -2.26. The highest BCUT2D eigenvalue weighted by Crippen LogP contribution is 2.34. The third-order valence-electron chi connectivity index (χ3n) is 4.37. The molecule has 1 N–H and O–H groups in total. The Morgan fingerprint density at radius 3 is 3.04 bits per heavy atom. The van der Waals surface area contributed by atoms with Crippen LogP contribution < -0.4 is 5.32 Å². The predicted molar refractivity (Wildman–Crippen MR) is 94.5 cm³/mol. The molecule has 1 aromatic carbocycles. The first-order valence-corrected chi connectivity index (χ1v) is 9.14. The maximum absolute atomic E-state index is 12.4. The van der Waals surface area contributed by atoms with Crippen molar-refractivity contribution >= 4 is 17.2 Å². The zero-order chi connectivity index (χ0) is 17.4. The minimum Gasteiger partial charge on any atom is -0.343 e. The molecular formula is C18H18N4O2S. The van der Waals surface area contributed by atoms with Gasteiger partial charge in [-0.15, -0.1) is 11.3 Å². The fourth-order valence-corrected chi connectivity index (χ4v) is 3.77. The molecule has 1 aliphatic rings. The van der Waals surface area contributed by atoms with Gasteiger partial charge in [-0.1, -0.05) is 24.2 Å². The Morgan fingerprint density at radius 2 is 2.32 bits per heavy atom. The Balaban J connectivity index is 1.54. The van der Waals surface area contributed by atoms with E-state index in [4.69, 9.17) is 4.52 Å². The highest BCUT2D eigenvalue weighted by Gasteiger charge is 2.26. The van der Waals surface area contributed by atoms with Crippen LogP contribution in [0.25, 0.3) is 11.4 Å². The first-order chi connectivity index (χ1) is 12.1. The van der Waals surface area contributed by atoms with Crippen molar-refractivity contribution in [1.29, 1.82) is 0 Å². The monoisotopic (exact) mass is 354 g/mol. The summed E-state index contributed by atoms with van der Waals surface area (Å²) in [4.78, 5) is 21.9. The molecule has 0 saturated heterocycles. The molecule has 2 aromatic heterocycles. The van der Waals surface area contributed by atoms with Crippen molar-refractivity contribution in [3.8, 4) is 11.4 Å². The van der Waals surface area contributed by atoms with Gasteiger partial charge in [0.15, 0.2) is 5.01 Å². The number of aromatic nitrogens is 3. The Kier molecular flexibility index (Phi) is 4.09. The fourth-order valence-electron chi connectivity index (χ4n) is 3.10. The Labute approximate surface area is 149 Å². The molecule has 0 spiro atoms. The van der Waals surface area contributed by atoms with Gasteiger partial charge in [0.1, 0.15) is 0 Å². The molecule has 25 heavy (non-hydrogen) atoms. The van der Waals surface area contributed by atoms with Crippen molar-refractivity contribution in [3.05, 3.63) is 51.3 Å². The minimum atomic E-state index is -0.106. The molecule has 2 heterocycles. The summed E-state index contributed by atoms with van der Waals surface area (Å²) in [6.07, 6.45) is 4.26. The van der Waals surface area contributed by atoms with Gasteiger partial charge in [0.25, 0.3) is 5.91 Å². The number of aryl methyl sites for hydroxylation is 3. The van der Waals surface area contributed by atoms with E-state index >= 15 is 0 Å². The summed E-state index contributed by atoms with van der Waals surface area (Å²) in [6.45, 7) is 3.93. The maximum Gasteiger partial charge on any atom is 0.280 e. The number of thiazole rings is 1. The van der Waals surface area contributed by atoms with Crippen LogP contribution in [0.15, 0.2) is 28.9 Å². The van der Waals surface area contributed by atoms with Gasteiger partial charge in [-0.25, -0.2) is 4.98 Å². The van der Waals surface area contributed by atoms with Crippen molar-refractivity contribution in [3.63, 3.8) is 0 Å². The van der Waals surface area contributed by atoms with E-state index in [0.717, 1.165) is 35.3 Å². The molecule has 0 unspecified atom stereocenters. The van der Waals surface area contributed by atoms with E-state index in [1.54, 1.807) is 6.20 Å². The van der Waals surface area contributed by atoms with Crippen LogP contribution in [0.3, 0.4) is 0 Å². The normalized spacial score (nSPS) is 16.0. The maximum atomic E-state index is 12.4. The quantitative estimate of drug-likeness (QED) is 0.776. The SMILES string of the molecule is CCc1nc(-c2ccc3c(c2)CC[C@H]3NC(=O)c2ncc(C)s2)no1. The molecule has 3 aromatic rings. The van der Waals surface area contributed by atoms with E-state index in [2.05, 4.69) is 32.6 Å². The van der Waals surface area contributed by atoms with Crippen LogP contribution in [0.1, 0.15) is 51.1 Å². The Morgan fingerprint density at radius 1 is 1.44 bits per heavy atom. The van der Waals surface area contributed by atoms with Crippen LogP contribution in [0.4, 0.5) is 0 Å². The molecule has 1 atom stereocenters. The van der Waals surface area contributed by atoms with E-state index in [0.29, 0.717) is 16.7 Å². The first-order valence-electron chi connectivity index (χ1n) is 8.33. The second-order valence-electron chi connectivity index (χ2n) is 6.12. The number of nitrogens with one attached hydrogen (secondary N) is 1. The van der Waals surface area contributed by atoms with E-state index in [-0.39, 0.29) is 11.9 Å². The number of fused-ring (bicyclic) bond motifs is 1. The van der Waals surface area contributed by atoms with Gasteiger partial charge in [0.05, 0.1) is 6.04 Å². The second-order valence-corrected chi connectivity index (χ2v) is 7.35. The largest absolute Gasteiger partial charge is 0.343 e. The average Bonchev–Trinajstić information content (AvgIpc) is 3.34. The molecule has 0 fully saturated rings. The van der Waals surface area contributed by atoms with Gasteiger partial charge in [-0.2, -0.15) is 4.98 Å². The number of amides is 1. The lowest BCUT2D eigenvalue weighted by Gasteiger charge is -2.13. The lowest BCUT2D eigenvalue weighted by molar-refractivity contribution is 0.0936. The van der Waals surface area contributed by atoms with Crippen molar-refractivity contribution in [2.75, 3.05) is 0 Å². The van der Waals surface area contributed by atoms with E-state index in [1.807, 2.05) is 19.9 Å². The van der Waals surface area contributed by atoms with Crippen molar-refractivity contribution in [2.45, 2.75) is 39.2 Å². The highest BCUT2D eigenvalue weighted by molar-refractivity contribution is 7.13. The summed E-state index contributed by atoms with van der Waals surface area (Å²) in [7, 11) is 0. The van der Waals surface area contributed by atoms with E-state index in [9.17, 15) is 4.79 Å². The van der Waals surface area contributed by atoms with E-state index in [1.165, 1.54) is 16.9 Å². The summed E-state index contributed by atoms with van der Waals surface area (Å²) >= 11 is 1.41. The summed E-state index contributed by atoms with van der Waals surface area (Å²) in [6, 6.07) is 6.16. The summed E-state index contributed by atoms with van der Waals surface area (Å²) in [5, 5.41) is 7.64. The lowest BCUT2D eigenvalue weighted by atomic mass is 10.0. The summed E-state index contributed by atoms with van der Waals surface area (Å²) < 4.78 is 5.19. The average molecular weight is 354 g/mol. The zero-order valence-corrected chi connectivity index (χ0v) is 14.9. The van der Waals surface area contributed by atoms with Crippen LogP contribution in [-0.4, -0.2) is 21.0 Å². The van der Waals surface area contributed by atoms with Crippen LogP contribution in [0.2, 0.25) is 0 Å². The zero-order valence-electron chi connectivity index (χ0n) is 14.1. The Bertz CT molecular complexity index is 931. The fraction of sp³-hybridized carbons (Fsp3) is 0.333. The highest BCUT2D eigenvalue weighted by atomic mass is 32.1. The number of carbonyl (C=O) groups is 1. The molecule has 0 aliphatic heterocycles. The second kappa shape index (κ2) is 6.40. The summed E-state index contributed by atoms with van der Waals surface area (Å²) in [5.41, 5.74) is 3.33. The van der Waals surface area contributed by atoms with Gasteiger partial charge in [-0.3, -0.25) is 4.79 Å². The van der Waals surface area contributed by atoms with E-state index < -0.39 is 0 Å². The molecule has 128 valence electrons. The van der Waals surface area contributed by atoms with Crippen molar-refractivity contribution in [2.24, 2.45) is 0 Å². The molecule has 1 amide bonds. The van der Waals surface area contributed by atoms with Crippen LogP contribution in [-0.2, 0) is 12.8 Å². The molecule has 0 bridgehead atoms. The van der Waals surface area contributed by atoms with Crippen LogP contribution in [0.5, 0.6) is 0 Å². The Hall–Kier alpha value is -2.54. The van der Waals surface area contributed by atoms with Gasteiger partial charge in [-0.05, 0) is 37.0 Å². The third kappa shape index (κ3) is 3.07. The summed E-state index contributed by atoms with van der Waals surface area (Å²) in [5.74, 6) is 1.15. The van der Waals surface area contributed by atoms with Crippen LogP contribution in [0, 0.1) is 6.92 Å². The smallest absolute Gasteiger partial charge is 0.280 e. The van der Waals surface area contributed by atoms with Gasteiger partial charge < -0.3 is 9.84 Å². The third-order valence-corrected chi connectivity index (χ3v) is 5.28.